The molecule has 2 heterocycles. The molecule has 0 spiro atoms. The Morgan fingerprint density at radius 1 is 1.59 bits per heavy atom. The van der Waals surface area contributed by atoms with Gasteiger partial charge in [-0.1, -0.05) is 6.07 Å². The van der Waals surface area contributed by atoms with E-state index in [1.165, 1.54) is 18.2 Å². The van der Waals surface area contributed by atoms with Gasteiger partial charge in [0, 0.05) is 19.0 Å². The maximum absolute atomic E-state index is 12.8. The lowest BCUT2D eigenvalue weighted by Crippen LogP contribution is -2.38. The minimum atomic E-state index is -0.688. The quantitative estimate of drug-likeness (QED) is 0.739. The van der Waals surface area contributed by atoms with Gasteiger partial charge in [0.05, 0.1) is 0 Å². The average molecular weight is 237 g/mol. The van der Waals surface area contributed by atoms with Crippen molar-refractivity contribution >= 4 is 11.8 Å². The number of hydrogen-bond acceptors (Lipinski definition) is 3. The minimum Gasteiger partial charge on any atom is -0.352 e. The van der Waals surface area contributed by atoms with Crippen LogP contribution in [0.2, 0.25) is 0 Å². The van der Waals surface area contributed by atoms with Gasteiger partial charge in [-0.05, 0) is 18.6 Å². The van der Waals surface area contributed by atoms with Gasteiger partial charge in [-0.2, -0.15) is 4.39 Å². The van der Waals surface area contributed by atoms with Gasteiger partial charge < -0.3 is 10.6 Å². The zero-order chi connectivity index (χ0) is 12.3. The average Bonchev–Trinajstić information content (AvgIpc) is 2.72. The number of carbonyl (C=O) groups is 2. The van der Waals surface area contributed by atoms with Gasteiger partial charge in [0.2, 0.25) is 11.9 Å². The van der Waals surface area contributed by atoms with Crippen molar-refractivity contribution in [2.75, 3.05) is 6.54 Å². The largest absolute Gasteiger partial charge is 0.352 e. The Labute approximate surface area is 97.4 Å². The maximum Gasteiger partial charge on any atom is 0.270 e. The standard InChI is InChI=1S/C11H12FN3O2/c12-9-3-1-2-8(15-9)11(17)13-6-7-4-5-10(16)14-7/h1-3,7H,4-6H2,(H,13,17)(H,14,16). The van der Waals surface area contributed by atoms with Crippen molar-refractivity contribution in [3.63, 3.8) is 0 Å². The Morgan fingerprint density at radius 3 is 3.06 bits per heavy atom. The highest BCUT2D eigenvalue weighted by atomic mass is 19.1. The number of hydrogen-bond donors (Lipinski definition) is 2. The molecule has 17 heavy (non-hydrogen) atoms. The first-order valence-electron chi connectivity index (χ1n) is 5.35. The highest BCUT2D eigenvalue weighted by Crippen LogP contribution is 2.05. The van der Waals surface area contributed by atoms with Crippen LogP contribution in [-0.2, 0) is 4.79 Å². The lowest BCUT2D eigenvalue weighted by molar-refractivity contribution is -0.119. The van der Waals surface area contributed by atoms with Gasteiger partial charge in [-0.15, -0.1) is 0 Å². The summed E-state index contributed by atoms with van der Waals surface area (Å²) in [4.78, 5) is 26.0. The fraction of sp³-hybridized carbons (Fsp3) is 0.364. The van der Waals surface area contributed by atoms with Gasteiger partial charge in [0.25, 0.3) is 5.91 Å². The molecule has 2 amide bonds. The van der Waals surface area contributed by atoms with E-state index < -0.39 is 11.9 Å². The smallest absolute Gasteiger partial charge is 0.270 e. The highest BCUT2D eigenvalue weighted by Gasteiger charge is 2.21. The fourth-order valence-electron chi connectivity index (χ4n) is 1.67. The first-order chi connectivity index (χ1) is 8.15. The third-order valence-electron chi connectivity index (χ3n) is 2.54. The van der Waals surface area contributed by atoms with Crippen molar-refractivity contribution in [1.29, 1.82) is 0 Å². The predicted octanol–water partition coefficient (Wildman–Crippen LogP) is 0.229. The van der Waals surface area contributed by atoms with E-state index in [2.05, 4.69) is 15.6 Å². The summed E-state index contributed by atoms with van der Waals surface area (Å²) in [6, 6.07) is 3.99. The molecule has 1 aromatic heterocycles. The van der Waals surface area contributed by atoms with Crippen LogP contribution in [0.4, 0.5) is 4.39 Å². The lowest BCUT2D eigenvalue weighted by Gasteiger charge is -2.10. The Bertz CT molecular complexity index is 450. The van der Waals surface area contributed by atoms with Crippen molar-refractivity contribution in [3.8, 4) is 0 Å². The van der Waals surface area contributed by atoms with Crippen LogP contribution in [0, 0.1) is 5.95 Å². The molecule has 1 fully saturated rings. The van der Waals surface area contributed by atoms with E-state index in [1.54, 1.807) is 0 Å². The molecule has 0 bridgehead atoms. The van der Waals surface area contributed by atoms with E-state index in [-0.39, 0.29) is 17.6 Å². The maximum atomic E-state index is 12.8. The molecule has 5 nitrogen and oxygen atoms in total. The molecule has 1 saturated heterocycles. The second-order valence-electron chi connectivity index (χ2n) is 3.86. The Hall–Kier alpha value is -1.98. The van der Waals surface area contributed by atoms with Crippen LogP contribution in [-0.4, -0.2) is 29.4 Å². The third kappa shape index (κ3) is 2.99. The molecular formula is C11H12FN3O2. The summed E-state index contributed by atoms with van der Waals surface area (Å²) in [5.74, 6) is -1.13. The van der Waals surface area contributed by atoms with Crippen molar-refractivity contribution in [2.45, 2.75) is 18.9 Å². The molecule has 0 aliphatic carbocycles. The van der Waals surface area contributed by atoms with Crippen LogP contribution >= 0.6 is 0 Å². The number of rotatable bonds is 3. The van der Waals surface area contributed by atoms with E-state index in [9.17, 15) is 14.0 Å². The summed E-state index contributed by atoms with van der Waals surface area (Å²) >= 11 is 0. The number of carbonyl (C=O) groups excluding carboxylic acids is 2. The summed E-state index contributed by atoms with van der Waals surface area (Å²) in [6.07, 6.45) is 1.19. The van der Waals surface area contributed by atoms with Crippen molar-refractivity contribution in [2.24, 2.45) is 0 Å². The Kier molecular flexibility index (Phi) is 3.32. The molecule has 6 heteroatoms. The first kappa shape index (κ1) is 11.5. The normalized spacial score (nSPS) is 18.9. The predicted molar refractivity (Wildman–Crippen MR) is 57.7 cm³/mol. The van der Waals surface area contributed by atoms with E-state index in [1.807, 2.05) is 0 Å². The molecule has 0 saturated carbocycles. The van der Waals surface area contributed by atoms with Crippen LogP contribution in [0.25, 0.3) is 0 Å². The second-order valence-corrected chi connectivity index (χ2v) is 3.86. The molecule has 90 valence electrons. The van der Waals surface area contributed by atoms with Gasteiger partial charge in [-0.3, -0.25) is 9.59 Å². The van der Waals surface area contributed by atoms with Crippen LogP contribution in [0.15, 0.2) is 18.2 Å². The Morgan fingerprint density at radius 2 is 2.41 bits per heavy atom. The molecule has 1 aromatic rings. The molecule has 1 aliphatic heterocycles. The summed E-state index contributed by atoms with van der Waals surface area (Å²) in [5, 5.41) is 5.33. The minimum absolute atomic E-state index is 0.00636. The summed E-state index contributed by atoms with van der Waals surface area (Å²) < 4.78 is 12.8. The van der Waals surface area contributed by atoms with Gasteiger partial charge >= 0.3 is 0 Å². The topological polar surface area (TPSA) is 71.1 Å². The van der Waals surface area contributed by atoms with E-state index in [0.717, 1.165) is 0 Å². The number of nitrogens with zero attached hydrogens (tertiary/aromatic N) is 1. The van der Waals surface area contributed by atoms with Crippen molar-refractivity contribution in [3.05, 3.63) is 29.8 Å². The fourth-order valence-corrected chi connectivity index (χ4v) is 1.67. The molecule has 1 atom stereocenters. The van der Waals surface area contributed by atoms with Crippen molar-refractivity contribution in [1.82, 2.24) is 15.6 Å². The molecule has 1 aliphatic rings. The summed E-state index contributed by atoms with van der Waals surface area (Å²) in [6.45, 7) is 0.336. The van der Waals surface area contributed by atoms with Crippen LogP contribution < -0.4 is 10.6 Å². The molecule has 0 radical (unpaired) electrons. The van der Waals surface area contributed by atoms with E-state index >= 15 is 0 Å². The van der Waals surface area contributed by atoms with Crippen molar-refractivity contribution < 1.29 is 14.0 Å². The highest BCUT2D eigenvalue weighted by molar-refractivity contribution is 5.92. The SMILES string of the molecule is O=C1CCC(CNC(=O)c2cccc(F)n2)N1. The van der Waals surface area contributed by atoms with E-state index in [0.29, 0.717) is 19.4 Å². The zero-order valence-electron chi connectivity index (χ0n) is 9.07. The molecule has 1 unspecified atom stereocenters. The Balaban J connectivity index is 1.87. The number of aromatic nitrogens is 1. The molecule has 2 rings (SSSR count). The molecule has 0 aromatic carbocycles. The zero-order valence-corrected chi connectivity index (χ0v) is 9.07. The van der Waals surface area contributed by atoms with E-state index in [4.69, 9.17) is 0 Å². The number of nitrogens with one attached hydrogen (secondary N) is 2. The van der Waals surface area contributed by atoms with Gasteiger partial charge in [-0.25, -0.2) is 4.98 Å². The lowest BCUT2D eigenvalue weighted by atomic mass is 10.2. The third-order valence-corrected chi connectivity index (χ3v) is 2.54. The number of pyridine rings is 1. The van der Waals surface area contributed by atoms with Gasteiger partial charge in [0.1, 0.15) is 5.69 Å². The van der Waals surface area contributed by atoms with Crippen LogP contribution in [0.5, 0.6) is 0 Å². The second kappa shape index (κ2) is 4.90. The van der Waals surface area contributed by atoms with Gasteiger partial charge in [0.15, 0.2) is 0 Å². The monoisotopic (exact) mass is 237 g/mol. The summed E-state index contributed by atoms with van der Waals surface area (Å²) in [5.41, 5.74) is 0.0364. The number of amides is 2. The summed E-state index contributed by atoms with van der Waals surface area (Å²) in [7, 11) is 0. The first-order valence-corrected chi connectivity index (χ1v) is 5.35. The number of halogens is 1. The van der Waals surface area contributed by atoms with Crippen LogP contribution in [0.1, 0.15) is 23.3 Å². The van der Waals surface area contributed by atoms with Crippen LogP contribution in [0.3, 0.4) is 0 Å². The molecular weight excluding hydrogens is 225 g/mol. The molecule has 2 N–H and O–H groups in total.